The molecule has 1 unspecified atom stereocenters. The topological polar surface area (TPSA) is 57.9 Å². The minimum atomic E-state index is 0. The van der Waals surface area contributed by atoms with Crippen LogP contribution in [0.2, 0.25) is 0 Å². The smallest absolute Gasteiger partial charge is 0.194 e. The maximum atomic E-state index is 5.37. The molecule has 1 N–H and O–H groups in total. The second-order valence-electron chi connectivity index (χ2n) is 8.08. The number of nitrogens with one attached hydrogen (secondary N) is 1. The van der Waals surface area contributed by atoms with Crippen molar-refractivity contribution >= 4 is 35.6 Å². The second kappa shape index (κ2) is 12.2. The van der Waals surface area contributed by atoms with E-state index in [1.54, 1.807) is 7.11 Å². The average molecular weight is 540 g/mol. The van der Waals surface area contributed by atoms with Crippen LogP contribution in [0.4, 0.5) is 5.69 Å². The van der Waals surface area contributed by atoms with Crippen LogP contribution in [0.15, 0.2) is 35.3 Å². The van der Waals surface area contributed by atoms with Crippen LogP contribution in [0.25, 0.3) is 0 Å². The quantitative estimate of drug-likeness (QED) is 0.331. The standard InChI is InChI=1S/C23H36N6O.HI/c1-6-24-23(25-16-18(2)17-29-20(4)14-19(3)26-29)28-12-10-27(11-13-28)21-8-7-9-22(15-21)30-5;/h7-9,14-15,18H,6,10-13,16-17H2,1-5H3,(H,24,25);1H. The lowest BCUT2D eigenvalue weighted by Gasteiger charge is -2.38. The van der Waals surface area contributed by atoms with Crippen LogP contribution in [0.5, 0.6) is 5.75 Å². The van der Waals surface area contributed by atoms with Crippen LogP contribution in [-0.4, -0.2) is 67.0 Å². The van der Waals surface area contributed by atoms with Gasteiger partial charge in [0.05, 0.1) is 12.8 Å². The highest BCUT2D eigenvalue weighted by molar-refractivity contribution is 14.0. The summed E-state index contributed by atoms with van der Waals surface area (Å²) in [5.41, 5.74) is 3.50. The summed E-state index contributed by atoms with van der Waals surface area (Å²) in [5, 5.41) is 8.06. The van der Waals surface area contributed by atoms with E-state index in [4.69, 9.17) is 9.73 Å². The van der Waals surface area contributed by atoms with E-state index >= 15 is 0 Å². The highest BCUT2D eigenvalue weighted by atomic mass is 127. The van der Waals surface area contributed by atoms with Crippen molar-refractivity contribution in [3.8, 4) is 5.75 Å². The Hall–Kier alpha value is -1.97. The van der Waals surface area contributed by atoms with Crippen molar-refractivity contribution < 1.29 is 4.74 Å². The summed E-state index contributed by atoms with van der Waals surface area (Å²) >= 11 is 0. The van der Waals surface area contributed by atoms with E-state index in [2.05, 4.69) is 69.9 Å². The van der Waals surface area contributed by atoms with Gasteiger partial charge in [-0.2, -0.15) is 5.10 Å². The van der Waals surface area contributed by atoms with Crippen molar-refractivity contribution in [3.63, 3.8) is 0 Å². The molecule has 8 heteroatoms. The number of piperazine rings is 1. The van der Waals surface area contributed by atoms with E-state index in [1.807, 2.05) is 13.0 Å². The number of aliphatic imine (C=N–C) groups is 1. The van der Waals surface area contributed by atoms with Gasteiger partial charge in [0, 0.05) is 63.3 Å². The zero-order valence-corrected chi connectivity index (χ0v) is 21.8. The zero-order chi connectivity index (χ0) is 21.5. The van der Waals surface area contributed by atoms with Gasteiger partial charge in [0.1, 0.15) is 5.75 Å². The van der Waals surface area contributed by atoms with Crippen LogP contribution < -0.4 is 15.0 Å². The molecule has 1 aromatic carbocycles. The molecule has 7 nitrogen and oxygen atoms in total. The number of rotatable bonds is 7. The van der Waals surface area contributed by atoms with Crippen molar-refractivity contribution in [1.29, 1.82) is 0 Å². The molecule has 2 aromatic rings. The molecule has 0 bridgehead atoms. The summed E-state index contributed by atoms with van der Waals surface area (Å²) in [6.45, 7) is 14.9. The Bertz CT molecular complexity index is 844. The van der Waals surface area contributed by atoms with Gasteiger partial charge in [-0.3, -0.25) is 9.67 Å². The molecule has 0 aliphatic carbocycles. The number of aryl methyl sites for hydroxylation is 2. The average Bonchev–Trinajstić information content (AvgIpc) is 3.07. The normalized spacial score (nSPS) is 15.5. The van der Waals surface area contributed by atoms with Crippen molar-refractivity contribution in [2.75, 3.05) is 51.3 Å². The number of benzene rings is 1. The van der Waals surface area contributed by atoms with Gasteiger partial charge in [-0.1, -0.05) is 13.0 Å². The molecule has 31 heavy (non-hydrogen) atoms. The van der Waals surface area contributed by atoms with Gasteiger partial charge in [-0.15, -0.1) is 24.0 Å². The first kappa shape index (κ1) is 25.3. The van der Waals surface area contributed by atoms with E-state index in [0.717, 1.165) is 63.2 Å². The van der Waals surface area contributed by atoms with Crippen LogP contribution >= 0.6 is 24.0 Å². The Morgan fingerprint density at radius 2 is 1.94 bits per heavy atom. The molecular formula is C23H37IN6O. The predicted octanol–water partition coefficient (Wildman–Crippen LogP) is 3.55. The third kappa shape index (κ3) is 7.02. The van der Waals surface area contributed by atoms with Crippen molar-refractivity contribution in [2.24, 2.45) is 10.9 Å². The highest BCUT2D eigenvalue weighted by Gasteiger charge is 2.20. The number of hydrogen-bond acceptors (Lipinski definition) is 4. The van der Waals surface area contributed by atoms with Crippen LogP contribution in [0.3, 0.4) is 0 Å². The fraction of sp³-hybridized carbons (Fsp3) is 0.565. The summed E-state index contributed by atoms with van der Waals surface area (Å²) in [5.74, 6) is 2.35. The van der Waals surface area contributed by atoms with Crippen molar-refractivity contribution in [1.82, 2.24) is 20.0 Å². The lowest BCUT2D eigenvalue weighted by Crippen LogP contribution is -2.52. The molecule has 1 aromatic heterocycles. The van der Waals surface area contributed by atoms with E-state index in [-0.39, 0.29) is 24.0 Å². The lowest BCUT2D eigenvalue weighted by atomic mass is 10.2. The number of hydrogen-bond donors (Lipinski definition) is 1. The first-order chi connectivity index (χ1) is 14.5. The van der Waals surface area contributed by atoms with Crippen molar-refractivity contribution in [2.45, 2.75) is 34.2 Å². The third-order valence-corrected chi connectivity index (χ3v) is 5.47. The lowest BCUT2D eigenvalue weighted by molar-refractivity contribution is 0.369. The second-order valence-corrected chi connectivity index (χ2v) is 8.08. The highest BCUT2D eigenvalue weighted by Crippen LogP contribution is 2.22. The van der Waals surface area contributed by atoms with Gasteiger partial charge >= 0.3 is 0 Å². The molecule has 1 fully saturated rings. The van der Waals surface area contributed by atoms with Gasteiger partial charge < -0.3 is 19.9 Å². The fourth-order valence-corrected chi connectivity index (χ4v) is 3.86. The Morgan fingerprint density at radius 3 is 2.55 bits per heavy atom. The number of methoxy groups -OCH3 is 1. The number of ether oxygens (including phenoxy) is 1. The maximum Gasteiger partial charge on any atom is 0.194 e. The molecule has 172 valence electrons. The molecular weight excluding hydrogens is 503 g/mol. The maximum absolute atomic E-state index is 5.37. The zero-order valence-electron chi connectivity index (χ0n) is 19.5. The van der Waals surface area contributed by atoms with Gasteiger partial charge in [0.25, 0.3) is 0 Å². The third-order valence-electron chi connectivity index (χ3n) is 5.47. The molecule has 0 amide bonds. The Morgan fingerprint density at radius 1 is 1.19 bits per heavy atom. The molecule has 1 saturated heterocycles. The number of guanidine groups is 1. The summed E-state index contributed by atoms with van der Waals surface area (Å²) in [4.78, 5) is 9.73. The van der Waals surface area contributed by atoms with E-state index in [1.165, 1.54) is 11.4 Å². The van der Waals surface area contributed by atoms with Gasteiger partial charge in [-0.05, 0) is 44.9 Å². The molecule has 3 rings (SSSR count). The van der Waals surface area contributed by atoms with Gasteiger partial charge in [-0.25, -0.2) is 0 Å². The Labute approximate surface area is 203 Å². The predicted molar refractivity (Wildman–Crippen MR) is 139 cm³/mol. The number of nitrogens with zero attached hydrogens (tertiary/aromatic N) is 5. The number of aromatic nitrogens is 2. The molecule has 0 spiro atoms. The van der Waals surface area contributed by atoms with Gasteiger partial charge in [0.15, 0.2) is 5.96 Å². The van der Waals surface area contributed by atoms with E-state index in [0.29, 0.717) is 5.92 Å². The minimum absolute atomic E-state index is 0. The largest absolute Gasteiger partial charge is 0.497 e. The van der Waals surface area contributed by atoms with Crippen molar-refractivity contribution in [3.05, 3.63) is 41.7 Å². The van der Waals surface area contributed by atoms with E-state index < -0.39 is 0 Å². The molecule has 0 radical (unpaired) electrons. The molecule has 0 saturated carbocycles. The Kier molecular flexibility index (Phi) is 9.93. The number of halogens is 1. The van der Waals surface area contributed by atoms with E-state index in [9.17, 15) is 0 Å². The molecule has 2 heterocycles. The molecule has 1 atom stereocenters. The molecule has 1 aliphatic rings. The molecule has 1 aliphatic heterocycles. The number of anilines is 1. The summed E-state index contributed by atoms with van der Waals surface area (Å²) in [6, 6.07) is 10.4. The minimum Gasteiger partial charge on any atom is -0.497 e. The Balaban J connectivity index is 0.00000341. The summed E-state index contributed by atoms with van der Waals surface area (Å²) in [7, 11) is 1.71. The monoisotopic (exact) mass is 540 g/mol. The van der Waals surface area contributed by atoms with Crippen LogP contribution in [-0.2, 0) is 6.54 Å². The first-order valence-electron chi connectivity index (χ1n) is 10.9. The summed E-state index contributed by atoms with van der Waals surface area (Å²) < 4.78 is 7.46. The van der Waals surface area contributed by atoms with Crippen LogP contribution in [0, 0.1) is 19.8 Å². The van der Waals surface area contributed by atoms with Crippen LogP contribution in [0.1, 0.15) is 25.2 Å². The summed E-state index contributed by atoms with van der Waals surface area (Å²) in [6.07, 6.45) is 0. The first-order valence-corrected chi connectivity index (χ1v) is 10.9. The fourth-order valence-electron chi connectivity index (χ4n) is 3.86. The SMILES string of the molecule is CCNC(=NCC(C)Cn1nc(C)cc1C)N1CCN(c2cccc(OC)c2)CC1.I. The van der Waals surface area contributed by atoms with Gasteiger partial charge in [0.2, 0.25) is 0 Å².